The van der Waals surface area contributed by atoms with Crippen molar-refractivity contribution in [3.63, 3.8) is 0 Å². The fourth-order valence-electron chi connectivity index (χ4n) is 19.2. The Kier molecular flexibility index (Phi) is 30.4. The van der Waals surface area contributed by atoms with Gasteiger partial charge in [0.1, 0.15) is 0 Å². The van der Waals surface area contributed by atoms with Gasteiger partial charge >= 0.3 is 0 Å². The normalized spacial score (nSPS) is 27.7. The highest BCUT2D eigenvalue weighted by Crippen LogP contribution is 2.51. The van der Waals surface area contributed by atoms with Gasteiger partial charge in [-0.05, 0) is 147 Å². The van der Waals surface area contributed by atoms with E-state index in [1.807, 2.05) is 0 Å². The molecule has 76 heavy (non-hydrogen) atoms. The average molecular weight is 1060 g/mol. The van der Waals surface area contributed by atoms with Crippen molar-refractivity contribution in [2.24, 2.45) is 82.9 Å². The summed E-state index contributed by atoms with van der Waals surface area (Å²) < 4.78 is 0. The summed E-state index contributed by atoms with van der Waals surface area (Å²) in [6, 6.07) is 0. The van der Waals surface area contributed by atoms with Gasteiger partial charge in [-0.1, -0.05) is 270 Å². The lowest BCUT2D eigenvalue weighted by Crippen LogP contribution is -2.53. The molecule has 11 rings (SSSR count). The molecule has 0 spiro atoms. The maximum absolute atomic E-state index is 11.9. The van der Waals surface area contributed by atoms with Crippen molar-refractivity contribution in [1.82, 2.24) is 0 Å². The zero-order valence-corrected chi connectivity index (χ0v) is 50.3. The number of hydrogen-bond acceptors (Lipinski definition) is 5. The van der Waals surface area contributed by atoms with Gasteiger partial charge in [-0.15, -0.1) is 0 Å². The summed E-state index contributed by atoms with van der Waals surface area (Å²) in [4.78, 5) is 0. The molecule has 2 unspecified atom stereocenters. The molecule has 2 atom stereocenters. The lowest BCUT2D eigenvalue weighted by atomic mass is 9.58. The first kappa shape index (κ1) is 63.4. The smallest absolute Gasteiger partial charge is 0.0731 e. The molecule has 0 aromatic heterocycles. The van der Waals surface area contributed by atoms with Crippen molar-refractivity contribution in [1.29, 1.82) is 0 Å². The predicted octanol–water partition coefficient (Wildman–Crippen LogP) is 19.1. The third kappa shape index (κ3) is 19.7. The van der Waals surface area contributed by atoms with Gasteiger partial charge < -0.3 is 25.5 Å². The van der Waals surface area contributed by atoms with Gasteiger partial charge in [-0.3, -0.25) is 0 Å². The standard InChI is InChI=1S/C19H34O.C14H26O.2C13H24O.C12H22O/c20-19(16-10-4-1-5-11-16,17-12-6-2-7-13-17)18-14-8-3-9-15-18;15-11-14(12-7-3-1-4-8-12)13-9-5-2-6-10-13;14-13(11-7-3-1-4-8-11)12-9-5-2-6-10-12;14-10-13(12-8-5-9-12)11-6-3-1-2-4-7-11;13-9-12(11-7-4-8-11)10-5-2-1-3-6-10/h16-18,20H,1-15H2;12-15H,1-11H2;2*11-14H,1-10H2;10-13H,1-9H2. The number of aliphatic hydroxyl groups is 5. The first-order chi connectivity index (χ1) is 37.4. The van der Waals surface area contributed by atoms with Crippen molar-refractivity contribution in [2.75, 3.05) is 19.8 Å². The fraction of sp³-hybridized carbons (Fsp3) is 1.00. The van der Waals surface area contributed by atoms with E-state index in [4.69, 9.17) is 0 Å². The van der Waals surface area contributed by atoms with Gasteiger partial charge in [-0.2, -0.15) is 0 Å². The molecule has 11 saturated carbocycles. The Labute approximate surface area is 471 Å². The molecule has 0 aliphatic heterocycles. The Morgan fingerprint density at radius 1 is 0.224 bits per heavy atom. The van der Waals surface area contributed by atoms with Crippen LogP contribution in [0, 0.1) is 82.9 Å². The van der Waals surface area contributed by atoms with Gasteiger partial charge in [0.2, 0.25) is 0 Å². The summed E-state index contributed by atoms with van der Waals surface area (Å²) >= 11 is 0. The monoisotopic (exact) mass is 1060 g/mol. The summed E-state index contributed by atoms with van der Waals surface area (Å²) in [5, 5.41) is 50.7. The summed E-state index contributed by atoms with van der Waals surface area (Å²) in [5.41, 5.74) is -0.290. The van der Waals surface area contributed by atoms with Crippen molar-refractivity contribution < 1.29 is 25.5 Å². The minimum absolute atomic E-state index is 0.0376. The highest BCUT2D eigenvalue weighted by Gasteiger charge is 2.49. The maximum Gasteiger partial charge on any atom is 0.0731 e. The van der Waals surface area contributed by atoms with Crippen molar-refractivity contribution in [2.45, 2.75) is 346 Å². The third-order valence-electron chi connectivity index (χ3n) is 24.5. The summed E-state index contributed by atoms with van der Waals surface area (Å²) in [6.45, 7) is 1.36. The van der Waals surface area contributed by atoms with Crippen LogP contribution in [0.5, 0.6) is 0 Å². The maximum atomic E-state index is 11.9. The summed E-state index contributed by atoms with van der Waals surface area (Å²) in [5.74, 6) is 10.3. The van der Waals surface area contributed by atoms with Crippen LogP contribution >= 0.6 is 0 Å². The van der Waals surface area contributed by atoms with Crippen LogP contribution in [0.15, 0.2) is 0 Å². The molecule has 11 aliphatic carbocycles. The van der Waals surface area contributed by atoms with E-state index >= 15 is 0 Å². The lowest BCUT2D eigenvalue weighted by molar-refractivity contribution is -0.142. The first-order valence-corrected chi connectivity index (χ1v) is 35.7. The van der Waals surface area contributed by atoms with Gasteiger partial charge in [-0.25, -0.2) is 0 Å². The Morgan fingerprint density at radius 3 is 0.553 bits per heavy atom. The van der Waals surface area contributed by atoms with Crippen LogP contribution in [0.2, 0.25) is 0 Å². The zero-order chi connectivity index (χ0) is 53.1. The number of rotatable bonds is 14. The molecule has 11 fully saturated rings. The van der Waals surface area contributed by atoms with E-state index in [1.54, 1.807) is 0 Å². The second-order valence-electron chi connectivity index (χ2n) is 29.0. The molecule has 0 amide bonds. The molecule has 11 aliphatic rings. The van der Waals surface area contributed by atoms with Gasteiger partial charge in [0, 0.05) is 19.8 Å². The Hall–Kier alpha value is -0.200. The van der Waals surface area contributed by atoms with Gasteiger partial charge in [0.05, 0.1) is 11.7 Å². The molecule has 0 saturated heterocycles. The van der Waals surface area contributed by atoms with Crippen LogP contribution in [-0.2, 0) is 0 Å². The lowest BCUT2D eigenvalue weighted by Gasteiger charge is -2.51. The molecule has 0 aromatic rings. The van der Waals surface area contributed by atoms with Crippen LogP contribution in [0.4, 0.5) is 0 Å². The van der Waals surface area contributed by atoms with E-state index in [2.05, 4.69) is 0 Å². The summed E-state index contributed by atoms with van der Waals surface area (Å²) in [6.07, 6.45) is 71.6. The van der Waals surface area contributed by atoms with E-state index in [1.165, 1.54) is 334 Å². The van der Waals surface area contributed by atoms with Crippen LogP contribution in [0.3, 0.4) is 0 Å². The van der Waals surface area contributed by atoms with E-state index in [0.29, 0.717) is 67.2 Å². The topological polar surface area (TPSA) is 101 Å². The van der Waals surface area contributed by atoms with E-state index in [-0.39, 0.29) is 11.7 Å². The molecule has 5 heteroatoms. The van der Waals surface area contributed by atoms with Gasteiger partial charge in [0.25, 0.3) is 0 Å². The third-order valence-corrected chi connectivity index (χ3v) is 24.5. The SMILES string of the molecule is OC(C1CCCCC1)(C1CCCCC1)C1CCCCC1.OC(C1CCCCC1)C1CCCCC1.OCC(C1CCCCC1)C1CCC1.OCC(C1CCCCC1)C1CCCCC1.OCC(C1CCCCCC1)C1CCC1. The molecule has 444 valence electrons. The Bertz CT molecular complexity index is 1310. The molecule has 0 aromatic carbocycles. The van der Waals surface area contributed by atoms with Crippen molar-refractivity contribution in [3.8, 4) is 0 Å². The highest BCUT2D eigenvalue weighted by atomic mass is 16.3. The molecule has 5 N–H and O–H groups in total. The van der Waals surface area contributed by atoms with Crippen LogP contribution in [-0.4, -0.2) is 57.1 Å². The minimum Gasteiger partial charge on any atom is -0.396 e. The Morgan fingerprint density at radius 2 is 0.382 bits per heavy atom. The number of aliphatic hydroxyl groups excluding tert-OH is 4. The zero-order valence-electron chi connectivity index (χ0n) is 50.3. The minimum atomic E-state index is -0.290. The first-order valence-electron chi connectivity index (χ1n) is 35.7. The van der Waals surface area contributed by atoms with Crippen molar-refractivity contribution >= 4 is 0 Å². The molecule has 0 bridgehead atoms. The van der Waals surface area contributed by atoms with E-state index in [9.17, 15) is 25.5 Å². The second-order valence-corrected chi connectivity index (χ2v) is 29.0. The average Bonchev–Trinajstić information content (AvgIpc) is 3.78. The van der Waals surface area contributed by atoms with Crippen LogP contribution in [0.1, 0.15) is 334 Å². The number of hydrogen-bond donors (Lipinski definition) is 5. The quantitative estimate of drug-likeness (QED) is 0.112. The molecular formula is C71H130O5. The highest BCUT2D eigenvalue weighted by molar-refractivity contribution is 5.00. The van der Waals surface area contributed by atoms with Crippen LogP contribution in [0.25, 0.3) is 0 Å². The second kappa shape index (κ2) is 36.4. The van der Waals surface area contributed by atoms with E-state index in [0.717, 1.165) is 35.5 Å². The fourth-order valence-corrected chi connectivity index (χ4v) is 19.2. The molecular weight excluding hydrogens is 933 g/mol. The van der Waals surface area contributed by atoms with Gasteiger partial charge in [0.15, 0.2) is 0 Å². The molecule has 5 nitrogen and oxygen atoms in total. The van der Waals surface area contributed by atoms with Crippen LogP contribution < -0.4 is 0 Å². The molecule has 0 heterocycles. The molecule has 0 radical (unpaired) electrons. The van der Waals surface area contributed by atoms with Crippen molar-refractivity contribution in [3.05, 3.63) is 0 Å². The Balaban J connectivity index is 0.000000140. The van der Waals surface area contributed by atoms with E-state index < -0.39 is 0 Å². The largest absolute Gasteiger partial charge is 0.396 e. The summed E-state index contributed by atoms with van der Waals surface area (Å²) in [7, 11) is 0. The predicted molar refractivity (Wildman–Crippen MR) is 321 cm³/mol.